The highest BCUT2D eigenvalue weighted by atomic mass is 19.1. The standard InChI is InChI=1S/C32H37FO3/c1-7-8-9-25(18-22(2)34)24-11-13-26(14-12-24)36-21-23-10-16-30(32(3,4)5)28(19-23)29-20-27(35-6)15-17-31(29)33/h8-17,19-20,25H,7,18,21H2,1-6H3/b9-8+/t25-/m1/s1. The molecule has 0 saturated carbocycles. The monoisotopic (exact) mass is 488 g/mol. The molecule has 0 unspecified atom stereocenters. The van der Waals surface area contributed by atoms with Gasteiger partial charge in [-0.1, -0.05) is 64.1 Å². The summed E-state index contributed by atoms with van der Waals surface area (Å²) in [6.07, 6.45) is 5.63. The Hall–Kier alpha value is -3.40. The maximum absolute atomic E-state index is 14.9. The minimum Gasteiger partial charge on any atom is -0.497 e. The summed E-state index contributed by atoms with van der Waals surface area (Å²) in [5, 5.41) is 0. The largest absolute Gasteiger partial charge is 0.497 e. The Kier molecular flexibility index (Phi) is 9.08. The Bertz CT molecular complexity index is 1200. The van der Waals surface area contributed by atoms with Crippen LogP contribution in [0.2, 0.25) is 0 Å². The molecule has 3 rings (SSSR count). The van der Waals surface area contributed by atoms with E-state index in [1.807, 2.05) is 36.4 Å². The van der Waals surface area contributed by atoms with Crippen LogP contribution < -0.4 is 9.47 Å². The molecule has 4 heteroatoms. The van der Waals surface area contributed by atoms with E-state index in [9.17, 15) is 9.18 Å². The van der Waals surface area contributed by atoms with E-state index in [4.69, 9.17) is 9.47 Å². The van der Waals surface area contributed by atoms with E-state index in [0.717, 1.165) is 34.4 Å². The molecule has 0 radical (unpaired) electrons. The summed E-state index contributed by atoms with van der Waals surface area (Å²) in [6.45, 7) is 10.4. The maximum Gasteiger partial charge on any atom is 0.131 e. The molecule has 3 aromatic carbocycles. The molecule has 0 fully saturated rings. The van der Waals surface area contributed by atoms with Gasteiger partial charge in [0.05, 0.1) is 7.11 Å². The number of halogens is 1. The lowest BCUT2D eigenvalue weighted by Gasteiger charge is -2.24. The minimum atomic E-state index is -0.285. The van der Waals surface area contributed by atoms with Crippen LogP contribution in [-0.4, -0.2) is 12.9 Å². The minimum absolute atomic E-state index is 0.0711. The van der Waals surface area contributed by atoms with E-state index in [0.29, 0.717) is 24.3 Å². The van der Waals surface area contributed by atoms with Crippen LogP contribution in [0.3, 0.4) is 0 Å². The summed E-state index contributed by atoms with van der Waals surface area (Å²) < 4.78 is 26.3. The zero-order chi connectivity index (χ0) is 26.3. The normalized spacial score (nSPS) is 12.5. The average molecular weight is 489 g/mol. The number of carbonyl (C=O) groups excluding carboxylic acids is 1. The van der Waals surface area contributed by atoms with Gasteiger partial charge in [0.25, 0.3) is 0 Å². The van der Waals surface area contributed by atoms with Crippen molar-refractivity contribution in [3.63, 3.8) is 0 Å². The van der Waals surface area contributed by atoms with E-state index >= 15 is 0 Å². The molecule has 3 aromatic rings. The number of hydrogen-bond donors (Lipinski definition) is 0. The van der Waals surface area contributed by atoms with E-state index in [1.165, 1.54) is 6.07 Å². The molecule has 0 aliphatic rings. The van der Waals surface area contributed by atoms with Crippen molar-refractivity contribution >= 4 is 5.78 Å². The molecule has 0 amide bonds. The Labute approximate surface area is 215 Å². The van der Waals surface area contributed by atoms with Crippen molar-refractivity contribution in [2.45, 2.75) is 65.4 Å². The Morgan fingerprint density at radius 3 is 2.28 bits per heavy atom. The summed E-state index contributed by atoms with van der Waals surface area (Å²) in [7, 11) is 1.58. The first-order chi connectivity index (χ1) is 17.1. The van der Waals surface area contributed by atoms with Crippen molar-refractivity contribution < 1.29 is 18.7 Å². The fourth-order valence-electron chi connectivity index (χ4n) is 4.28. The van der Waals surface area contributed by atoms with Gasteiger partial charge in [0.2, 0.25) is 0 Å². The predicted molar refractivity (Wildman–Crippen MR) is 145 cm³/mol. The lowest BCUT2D eigenvalue weighted by molar-refractivity contribution is -0.117. The topological polar surface area (TPSA) is 35.5 Å². The molecule has 0 saturated heterocycles. The number of ether oxygens (including phenoxy) is 2. The van der Waals surface area contributed by atoms with E-state index < -0.39 is 0 Å². The molecular weight excluding hydrogens is 451 g/mol. The third-order valence-electron chi connectivity index (χ3n) is 6.18. The number of carbonyl (C=O) groups is 1. The molecule has 1 atom stereocenters. The quantitative estimate of drug-likeness (QED) is 0.269. The molecule has 36 heavy (non-hydrogen) atoms. The predicted octanol–water partition coefficient (Wildman–Crippen LogP) is 8.41. The Morgan fingerprint density at radius 1 is 0.972 bits per heavy atom. The summed E-state index contributed by atoms with van der Waals surface area (Å²) >= 11 is 0. The van der Waals surface area contributed by atoms with Crippen LogP contribution in [0.15, 0.2) is 72.8 Å². The second-order valence-electron chi connectivity index (χ2n) is 10.2. The number of hydrogen-bond acceptors (Lipinski definition) is 3. The van der Waals surface area contributed by atoms with E-state index in [1.54, 1.807) is 26.2 Å². The Balaban J connectivity index is 1.84. The lowest BCUT2D eigenvalue weighted by atomic mass is 9.81. The maximum atomic E-state index is 14.9. The van der Waals surface area contributed by atoms with Gasteiger partial charge in [-0.2, -0.15) is 0 Å². The summed E-state index contributed by atoms with van der Waals surface area (Å²) in [5.74, 6) is 1.32. The highest BCUT2D eigenvalue weighted by molar-refractivity contribution is 5.76. The van der Waals surface area contributed by atoms with Gasteiger partial charge in [-0.15, -0.1) is 0 Å². The van der Waals surface area contributed by atoms with Gasteiger partial charge in [0.15, 0.2) is 0 Å². The lowest BCUT2D eigenvalue weighted by Crippen LogP contribution is -2.13. The van der Waals surface area contributed by atoms with Gasteiger partial charge in [0, 0.05) is 17.9 Å². The summed E-state index contributed by atoms with van der Waals surface area (Å²) in [6, 6.07) is 18.8. The zero-order valence-corrected chi connectivity index (χ0v) is 22.2. The van der Waals surface area contributed by atoms with Gasteiger partial charge >= 0.3 is 0 Å². The summed E-state index contributed by atoms with van der Waals surface area (Å²) in [4.78, 5) is 11.7. The van der Waals surface area contributed by atoms with Crippen LogP contribution in [0, 0.1) is 5.82 Å². The fourth-order valence-corrected chi connectivity index (χ4v) is 4.28. The van der Waals surface area contributed by atoms with Crippen molar-refractivity contribution in [3.05, 3.63) is 95.3 Å². The van der Waals surface area contributed by atoms with Crippen molar-refractivity contribution in [1.29, 1.82) is 0 Å². The van der Waals surface area contributed by atoms with Crippen LogP contribution in [0.4, 0.5) is 4.39 Å². The number of ketones is 1. The van der Waals surface area contributed by atoms with Gasteiger partial charge in [-0.3, -0.25) is 4.79 Å². The van der Waals surface area contributed by atoms with Crippen LogP contribution in [0.5, 0.6) is 11.5 Å². The van der Waals surface area contributed by atoms with Crippen molar-refractivity contribution in [2.75, 3.05) is 7.11 Å². The smallest absolute Gasteiger partial charge is 0.131 e. The highest BCUT2D eigenvalue weighted by Gasteiger charge is 2.21. The van der Waals surface area contributed by atoms with Gasteiger partial charge < -0.3 is 9.47 Å². The molecule has 0 aliphatic heterocycles. The number of Topliss-reactive ketones (excluding diaryl/α,β-unsaturated/α-hetero) is 1. The molecule has 3 nitrogen and oxygen atoms in total. The van der Waals surface area contributed by atoms with E-state index in [-0.39, 0.29) is 22.9 Å². The second kappa shape index (κ2) is 12.0. The van der Waals surface area contributed by atoms with Crippen molar-refractivity contribution in [2.24, 2.45) is 0 Å². The van der Waals surface area contributed by atoms with Crippen LogP contribution in [0.1, 0.15) is 70.1 Å². The van der Waals surface area contributed by atoms with Gasteiger partial charge in [0.1, 0.15) is 29.7 Å². The Morgan fingerprint density at radius 2 is 1.67 bits per heavy atom. The van der Waals surface area contributed by atoms with Crippen LogP contribution in [-0.2, 0) is 16.8 Å². The third-order valence-corrected chi connectivity index (χ3v) is 6.18. The third kappa shape index (κ3) is 7.07. The number of rotatable bonds is 10. The fraction of sp³-hybridized carbons (Fsp3) is 0.344. The van der Waals surface area contributed by atoms with Crippen LogP contribution >= 0.6 is 0 Å². The van der Waals surface area contributed by atoms with Crippen molar-refractivity contribution in [3.8, 4) is 22.6 Å². The van der Waals surface area contributed by atoms with Gasteiger partial charge in [-0.25, -0.2) is 4.39 Å². The van der Waals surface area contributed by atoms with Crippen LogP contribution in [0.25, 0.3) is 11.1 Å². The molecule has 0 bridgehead atoms. The second-order valence-corrected chi connectivity index (χ2v) is 10.2. The molecular formula is C32H37FO3. The molecule has 0 N–H and O–H groups in total. The molecule has 0 spiro atoms. The number of methoxy groups -OCH3 is 1. The summed E-state index contributed by atoms with van der Waals surface area (Å²) in [5.41, 5.74) is 4.28. The molecule has 0 heterocycles. The first-order valence-corrected chi connectivity index (χ1v) is 12.5. The molecule has 190 valence electrons. The van der Waals surface area contributed by atoms with Gasteiger partial charge in [-0.05, 0) is 77.4 Å². The average Bonchev–Trinajstić information content (AvgIpc) is 2.85. The first-order valence-electron chi connectivity index (χ1n) is 12.5. The van der Waals surface area contributed by atoms with Crippen molar-refractivity contribution in [1.82, 2.24) is 0 Å². The first kappa shape index (κ1) is 27.2. The number of benzene rings is 3. The molecule has 0 aromatic heterocycles. The number of allylic oxidation sites excluding steroid dienone is 2. The molecule has 0 aliphatic carbocycles. The zero-order valence-electron chi connectivity index (χ0n) is 22.2. The van der Waals surface area contributed by atoms with E-state index in [2.05, 4.69) is 45.9 Å². The SMILES string of the molecule is CC/C=C/[C@H](CC(C)=O)c1ccc(OCc2ccc(C(C)(C)C)c(-c3cc(OC)ccc3F)c2)cc1. The highest BCUT2D eigenvalue weighted by Crippen LogP contribution is 2.37.